The van der Waals surface area contributed by atoms with Gasteiger partial charge in [0.1, 0.15) is 0 Å². The summed E-state index contributed by atoms with van der Waals surface area (Å²) in [4.78, 5) is 2.53. The van der Waals surface area contributed by atoms with Gasteiger partial charge in [-0.3, -0.25) is 4.90 Å². The smallest absolute Gasteiger partial charge is 0.0936 e. The molecule has 0 aromatic rings. The molecular formula is C8H15NOS. The van der Waals surface area contributed by atoms with E-state index in [1.807, 2.05) is 11.8 Å². The highest BCUT2D eigenvalue weighted by Gasteiger charge is 2.29. The predicted molar refractivity (Wildman–Crippen MR) is 48.1 cm³/mol. The number of hydrogen-bond acceptors (Lipinski definition) is 3. The standard InChI is InChI=1S/C8H15NOS/c1-11-8-2-3-9(5-8)4-7-6-10-7/h7-8H,2-6H2,1H3. The second kappa shape index (κ2) is 3.33. The van der Waals surface area contributed by atoms with E-state index in [4.69, 9.17) is 4.74 Å². The van der Waals surface area contributed by atoms with Crippen LogP contribution in [-0.4, -0.2) is 48.8 Å². The van der Waals surface area contributed by atoms with Crippen molar-refractivity contribution in [3.63, 3.8) is 0 Å². The lowest BCUT2D eigenvalue weighted by Crippen LogP contribution is -2.25. The van der Waals surface area contributed by atoms with E-state index in [0.717, 1.165) is 11.9 Å². The molecule has 0 aromatic carbocycles. The summed E-state index contributed by atoms with van der Waals surface area (Å²) in [5.74, 6) is 0. The monoisotopic (exact) mass is 173 g/mol. The van der Waals surface area contributed by atoms with Gasteiger partial charge >= 0.3 is 0 Å². The predicted octanol–water partition coefficient (Wildman–Crippen LogP) is 0.823. The van der Waals surface area contributed by atoms with Crippen LogP contribution in [0.1, 0.15) is 6.42 Å². The fourth-order valence-electron chi connectivity index (χ4n) is 1.62. The highest BCUT2D eigenvalue weighted by molar-refractivity contribution is 7.99. The molecule has 2 rings (SSSR count). The number of ether oxygens (including phenoxy) is 1. The summed E-state index contributed by atoms with van der Waals surface area (Å²) in [6.45, 7) is 4.74. The highest BCUT2D eigenvalue weighted by Crippen LogP contribution is 2.22. The first-order valence-electron chi connectivity index (χ1n) is 4.25. The normalized spacial score (nSPS) is 37.9. The number of hydrogen-bond donors (Lipinski definition) is 0. The van der Waals surface area contributed by atoms with Crippen LogP contribution < -0.4 is 0 Å². The van der Waals surface area contributed by atoms with Crippen molar-refractivity contribution in [2.75, 3.05) is 32.5 Å². The average molecular weight is 173 g/mol. The van der Waals surface area contributed by atoms with Gasteiger partial charge in [-0.2, -0.15) is 11.8 Å². The Morgan fingerprint density at radius 1 is 1.64 bits per heavy atom. The topological polar surface area (TPSA) is 15.8 Å². The minimum atomic E-state index is 0.579. The second-order valence-electron chi connectivity index (χ2n) is 3.36. The van der Waals surface area contributed by atoms with Crippen molar-refractivity contribution in [1.82, 2.24) is 4.90 Å². The maximum absolute atomic E-state index is 5.19. The van der Waals surface area contributed by atoms with Gasteiger partial charge in [-0.05, 0) is 19.2 Å². The van der Waals surface area contributed by atoms with E-state index in [9.17, 15) is 0 Å². The molecule has 2 nitrogen and oxygen atoms in total. The van der Waals surface area contributed by atoms with E-state index in [0.29, 0.717) is 6.10 Å². The highest BCUT2D eigenvalue weighted by atomic mass is 32.2. The zero-order chi connectivity index (χ0) is 7.68. The maximum atomic E-state index is 5.19. The molecule has 2 fully saturated rings. The third-order valence-electron chi connectivity index (χ3n) is 2.43. The Labute approximate surface area is 72.3 Å². The van der Waals surface area contributed by atoms with Crippen LogP contribution in [-0.2, 0) is 4.74 Å². The molecule has 0 bridgehead atoms. The van der Waals surface area contributed by atoms with Crippen molar-refractivity contribution in [3.05, 3.63) is 0 Å². The van der Waals surface area contributed by atoms with E-state index < -0.39 is 0 Å². The van der Waals surface area contributed by atoms with Crippen molar-refractivity contribution in [2.45, 2.75) is 17.8 Å². The van der Waals surface area contributed by atoms with E-state index in [1.54, 1.807) is 0 Å². The van der Waals surface area contributed by atoms with Crippen LogP contribution in [0, 0.1) is 0 Å². The number of rotatable bonds is 3. The van der Waals surface area contributed by atoms with Gasteiger partial charge in [0.2, 0.25) is 0 Å². The minimum Gasteiger partial charge on any atom is -0.372 e. The minimum absolute atomic E-state index is 0.579. The molecule has 0 aromatic heterocycles. The number of epoxide rings is 1. The molecule has 3 heteroatoms. The van der Waals surface area contributed by atoms with Gasteiger partial charge in [0.05, 0.1) is 12.7 Å². The quantitative estimate of drug-likeness (QED) is 0.588. The van der Waals surface area contributed by atoms with Crippen molar-refractivity contribution in [1.29, 1.82) is 0 Å². The first-order valence-corrected chi connectivity index (χ1v) is 5.54. The summed E-state index contributed by atoms with van der Waals surface area (Å²) < 4.78 is 5.19. The van der Waals surface area contributed by atoms with Gasteiger partial charge in [-0.1, -0.05) is 0 Å². The van der Waals surface area contributed by atoms with Gasteiger partial charge in [0, 0.05) is 18.3 Å². The summed E-state index contributed by atoms with van der Waals surface area (Å²) in [5, 5.41) is 0.883. The van der Waals surface area contributed by atoms with Crippen LogP contribution in [0.5, 0.6) is 0 Å². The van der Waals surface area contributed by atoms with Crippen LogP contribution in [0.25, 0.3) is 0 Å². The molecule has 0 radical (unpaired) electrons. The largest absolute Gasteiger partial charge is 0.372 e. The lowest BCUT2D eigenvalue weighted by Gasteiger charge is -2.12. The fraction of sp³-hybridized carbons (Fsp3) is 1.00. The average Bonchev–Trinajstić information content (AvgIpc) is 2.68. The molecule has 2 aliphatic rings. The Kier molecular flexibility index (Phi) is 2.39. The van der Waals surface area contributed by atoms with Crippen LogP contribution in [0.3, 0.4) is 0 Å². The molecule has 0 spiro atoms. The molecule has 0 N–H and O–H groups in total. The van der Waals surface area contributed by atoms with Gasteiger partial charge in [0.15, 0.2) is 0 Å². The summed E-state index contributed by atoms with van der Waals surface area (Å²) in [5.41, 5.74) is 0. The molecule has 2 saturated heterocycles. The van der Waals surface area contributed by atoms with E-state index in [-0.39, 0.29) is 0 Å². The maximum Gasteiger partial charge on any atom is 0.0936 e. The molecule has 11 heavy (non-hydrogen) atoms. The molecular weight excluding hydrogens is 158 g/mol. The Bertz CT molecular complexity index is 138. The van der Waals surface area contributed by atoms with Crippen molar-refractivity contribution < 1.29 is 4.74 Å². The van der Waals surface area contributed by atoms with Gasteiger partial charge < -0.3 is 4.74 Å². The number of likely N-dealkylation sites (tertiary alicyclic amines) is 1. The third-order valence-corrected chi connectivity index (χ3v) is 3.48. The first kappa shape index (κ1) is 7.90. The molecule has 2 aliphatic heterocycles. The summed E-state index contributed by atoms with van der Waals surface area (Å²) in [6, 6.07) is 0. The number of thioether (sulfide) groups is 1. The molecule has 2 atom stereocenters. The molecule has 0 amide bonds. The van der Waals surface area contributed by atoms with Crippen molar-refractivity contribution in [3.8, 4) is 0 Å². The van der Waals surface area contributed by atoms with E-state index >= 15 is 0 Å². The fourth-order valence-corrected chi connectivity index (χ4v) is 2.32. The zero-order valence-electron chi connectivity index (χ0n) is 6.95. The molecule has 64 valence electrons. The summed E-state index contributed by atoms with van der Waals surface area (Å²) >= 11 is 2.00. The van der Waals surface area contributed by atoms with E-state index in [2.05, 4.69) is 11.2 Å². The summed E-state index contributed by atoms with van der Waals surface area (Å²) in [7, 11) is 0. The molecule has 0 saturated carbocycles. The lowest BCUT2D eigenvalue weighted by atomic mass is 10.4. The molecule has 0 aliphatic carbocycles. The SMILES string of the molecule is CSC1CCN(CC2CO2)C1. The van der Waals surface area contributed by atoms with Crippen LogP contribution in [0.4, 0.5) is 0 Å². The Balaban J connectivity index is 1.70. The Hall–Kier alpha value is 0.270. The summed E-state index contributed by atoms with van der Waals surface area (Å²) in [6.07, 6.45) is 4.16. The van der Waals surface area contributed by atoms with Crippen LogP contribution in [0.15, 0.2) is 0 Å². The van der Waals surface area contributed by atoms with Crippen LogP contribution in [0.2, 0.25) is 0 Å². The van der Waals surface area contributed by atoms with Crippen molar-refractivity contribution in [2.24, 2.45) is 0 Å². The van der Waals surface area contributed by atoms with Crippen molar-refractivity contribution >= 4 is 11.8 Å². The number of nitrogens with zero attached hydrogens (tertiary/aromatic N) is 1. The molecule has 2 unspecified atom stereocenters. The second-order valence-corrected chi connectivity index (χ2v) is 4.50. The first-order chi connectivity index (χ1) is 5.38. The Morgan fingerprint density at radius 2 is 2.45 bits per heavy atom. The molecule has 2 heterocycles. The lowest BCUT2D eigenvalue weighted by molar-refractivity contribution is 0.286. The Morgan fingerprint density at radius 3 is 3.00 bits per heavy atom. The van der Waals surface area contributed by atoms with Gasteiger partial charge in [-0.15, -0.1) is 0 Å². The van der Waals surface area contributed by atoms with E-state index in [1.165, 1.54) is 26.1 Å². The van der Waals surface area contributed by atoms with Gasteiger partial charge in [0.25, 0.3) is 0 Å². The third kappa shape index (κ3) is 2.10. The van der Waals surface area contributed by atoms with Crippen LogP contribution >= 0.6 is 11.8 Å². The zero-order valence-corrected chi connectivity index (χ0v) is 7.77. The van der Waals surface area contributed by atoms with Gasteiger partial charge in [-0.25, -0.2) is 0 Å².